The summed E-state index contributed by atoms with van der Waals surface area (Å²) in [4.78, 5) is 0. The van der Waals surface area contributed by atoms with E-state index in [1.165, 1.54) is 12.1 Å². The van der Waals surface area contributed by atoms with Gasteiger partial charge in [-0.15, -0.1) is 0 Å². The molecule has 1 fully saturated rings. The van der Waals surface area contributed by atoms with Gasteiger partial charge in [0, 0.05) is 6.54 Å². The van der Waals surface area contributed by atoms with Gasteiger partial charge in [-0.25, -0.2) is 0 Å². The molecule has 2 aromatic rings. The zero-order valence-electron chi connectivity index (χ0n) is 17.1. The maximum atomic E-state index is 13.3. The van der Waals surface area contributed by atoms with E-state index in [1.54, 1.807) is 0 Å². The zero-order chi connectivity index (χ0) is 21.1. The first-order valence-electron chi connectivity index (χ1n) is 9.88. The quantitative estimate of drug-likeness (QED) is 0.734. The molecule has 0 aromatic heterocycles. The number of ether oxygens (including phenoxy) is 2. The summed E-state index contributed by atoms with van der Waals surface area (Å²) in [7, 11) is 0. The number of nitrogens with one attached hydrogen (secondary N) is 1. The van der Waals surface area contributed by atoms with E-state index in [-0.39, 0.29) is 18.1 Å². The van der Waals surface area contributed by atoms with Gasteiger partial charge in [-0.1, -0.05) is 57.2 Å². The highest BCUT2D eigenvalue weighted by Crippen LogP contribution is 2.34. The van der Waals surface area contributed by atoms with E-state index in [4.69, 9.17) is 9.47 Å². The first kappa shape index (κ1) is 21.8. The molecule has 3 nitrogen and oxygen atoms in total. The SMILES string of the molecule is CC(C)(C)c1cc(CCOC2OCCNC2c2ccccc2)cc(C(F)(F)F)c1. The molecule has 1 saturated heterocycles. The number of benzene rings is 2. The van der Waals surface area contributed by atoms with E-state index in [0.29, 0.717) is 24.2 Å². The van der Waals surface area contributed by atoms with E-state index in [0.717, 1.165) is 12.1 Å². The van der Waals surface area contributed by atoms with Gasteiger partial charge >= 0.3 is 6.18 Å². The van der Waals surface area contributed by atoms with Crippen LogP contribution in [0.5, 0.6) is 0 Å². The van der Waals surface area contributed by atoms with E-state index < -0.39 is 18.0 Å². The molecule has 1 heterocycles. The first-order valence-corrected chi connectivity index (χ1v) is 9.88. The van der Waals surface area contributed by atoms with Crippen LogP contribution in [0.3, 0.4) is 0 Å². The van der Waals surface area contributed by atoms with Crippen LogP contribution in [0.2, 0.25) is 0 Å². The summed E-state index contributed by atoms with van der Waals surface area (Å²) in [5.41, 5.74) is 1.36. The topological polar surface area (TPSA) is 30.5 Å². The van der Waals surface area contributed by atoms with Gasteiger partial charge in [-0.2, -0.15) is 13.2 Å². The summed E-state index contributed by atoms with van der Waals surface area (Å²) < 4.78 is 51.7. The molecule has 1 aliphatic rings. The van der Waals surface area contributed by atoms with Crippen LogP contribution in [0, 0.1) is 0 Å². The number of hydrogen-bond donors (Lipinski definition) is 1. The predicted octanol–water partition coefficient (Wildman–Crippen LogP) is 5.25. The second-order valence-electron chi connectivity index (χ2n) is 8.37. The van der Waals surface area contributed by atoms with Crippen LogP contribution in [-0.4, -0.2) is 26.0 Å². The van der Waals surface area contributed by atoms with Gasteiger partial charge in [0.2, 0.25) is 0 Å². The highest BCUT2D eigenvalue weighted by atomic mass is 19.4. The summed E-state index contributed by atoms with van der Waals surface area (Å²) >= 11 is 0. The van der Waals surface area contributed by atoms with Crippen molar-refractivity contribution in [2.75, 3.05) is 19.8 Å². The Morgan fingerprint density at radius 2 is 1.72 bits per heavy atom. The summed E-state index contributed by atoms with van der Waals surface area (Å²) in [5, 5.41) is 3.39. The van der Waals surface area contributed by atoms with Gasteiger partial charge in [0.05, 0.1) is 24.8 Å². The lowest BCUT2D eigenvalue weighted by Gasteiger charge is -2.33. The van der Waals surface area contributed by atoms with Gasteiger partial charge in [-0.3, -0.25) is 0 Å². The van der Waals surface area contributed by atoms with Gasteiger partial charge in [0.1, 0.15) is 0 Å². The Morgan fingerprint density at radius 3 is 2.38 bits per heavy atom. The second kappa shape index (κ2) is 8.86. The average molecular weight is 407 g/mol. The van der Waals surface area contributed by atoms with Crippen LogP contribution in [-0.2, 0) is 27.5 Å². The van der Waals surface area contributed by atoms with Crippen LogP contribution in [0.15, 0.2) is 48.5 Å². The van der Waals surface area contributed by atoms with Crippen molar-refractivity contribution < 1.29 is 22.6 Å². The molecular weight excluding hydrogens is 379 g/mol. The Kier molecular flexibility index (Phi) is 6.66. The van der Waals surface area contributed by atoms with Crippen molar-refractivity contribution in [3.63, 3.8) is 0 Å². The summed E-state index contributed by atoms with van der Waals surface area (Å²) in [6.45, 7) is 7.27. The molecular formula is C23H28F3NO2. The lowest BCUT2D eigenvalue weighted by Crippen LogP contribution is -2.43. The fraction of sp³-hybridized carbons (Fsp3) is 0.478. The van der Waals surface area contributed by atoms with E-state index in [9.17, 15) is 13.2 Å². The average Bonchev–Trinajstić information content (AvgIpc) is 2.67. The minimum Gasteiger partial charge on any atom is -0.350 e. The Bertz CT molecular complexity index is 768. The molecule has 2 atom stereocenters. The van der Waals surface area contributed by atoms with Crippen molar-refractivity contribution >= 4 is 0 Å². The van der Waals surface area contributed by atoms with Gasteiger partial charge in [0.25, 0.3) is 0 Å². The maximum Gasteiger partial charge on any atom is 0.416 e. The molecule has 0 spiro atoms. The number of hydrogen-bond acceptors (Lipinski definition) is 3. The molecule has 3 rings (SSSR count). The van der Waals surface area contributed by atoms with Gasteiger partial charge in [-0.05, 0) is 40.7 Å². The van der Waals surface area contributed by atoms with Crippen molar-refractivity contribution in [1.29, 1.82) is 0 Å². The Balaban J connectivity index is 1.70. The maximum absolute atomic E-state index is 13.3. The predicted molar refractivity (Wildman–Crippen MR) is 107 cm³/mol. The minimum atomic E-state index is -4.37. The summed E-state index contributed by atoms with van der Waals surface area (Å²) in [5.74, 6) is 0. The summed E-state index contributed by atoms with van der Waals surface area (Å²) in [6, 6.07) is 14.1. The highest BCUT2D eigenvalue weighted by Gasteiger charge is 2.32. The van der Waals surface area contributed by atoms with Gasteiger partial charge < -0.3 is 14.8 Å². The molecule has 158 valence electrons. The summed E-state index contributed by atoms with van der Waals surface area (Å²) in [6.07, 6.45) is -4.46. The lowest BCUT2D eigenvalue weighted by molar-refractivity contribution is -0.176. The first-order chi connectivity index (χ1) is 13.6. The molecule has 0 aliphatic carbocycles. The third-order valence-corrected chi connectivity index (χ3v) is 5.04. The minimum absolute atomic E-state index is 0.100. The Hall–Kier alpha value is -1.89. The Morgan fingerprint density at radius 1 is 1.03 bits per heavy atom. The standard InChI is InChI=1S/C23H28F3NO2/c1-22(2,3)18-13-16(14-19(15-18)23(24,25)26)9-11-28-21-20(27-10-12-29-21)17-7-5-4-6-8-17/h4-8,13-15,20-21,27H,9-12H2,1-3H3. The monoisotopic (exact) mass is 407 g/mol. The second-order valence-corrected chi connectivity index (χ2v) is 8.37. The van der Waals surface area contributed by atoms with Crippen LogP contribution >= 0.6 is 0 Å². The van der Waals surface area contributed by atoms with Crippen LogP contribution in [0.25, 0.3) is 0 Å². The number of alkyl halides is 3. The number of rotatable bonds is 5. The molecule has 0 saturated carbocycles. The fourth-order valence-corrected chi connectivity index (χ4v) is 3.39. The molecule has 1 N–H and O–H groups in total. The van der Waals surface area contributed by atoms with Crippen molar-refractivity contribution in [2.45, 2.75) is 51.1 Å². The van der Waals surface area contributed by atoms with Crippen molar-refractivity contribution in [2.24, 2.45) is 0 Å². The normalized spacial score (nSPS) is 20.6. The van der Waals surface area contributed by atoms with E-state index in [1.807, 2.05) is 57.2 Å². The Labute approximate surface area is 170 Å². The molecule has 0 bridgehead atoms. The van der Waals surface area contributed by atoms with E-state index >= 15 is 0 Å². The number of halogens is 3. The lowest BCUT2D eigenvalue weighted by atomic mass is 9.84. The smallest absolute Gasteiger partial charge is 0.350 e. The largest absolute Gasteiger partial charge is 0.416 e. The highest BCUT2D eigenvalue weighted by molar-refractivity contribution is 5.35. The van der Waals surface area contributed by atoms with E-state index in [2.05, 4.69) is 5.32 Å². The number of morpholine rings is 1. The van der Waals surface area contributed by atoms with Crippen molar-refractivity contribution in [3.8, 4) is 0 Å². The van der Waals surface area contributed by atoms with Crippen molar-refractivity contribution in [1.82, 2.24) is 5.32 Å². The third-order valence-electron chi connectivity index (χ3n) is 5.04. The molecule has 6 heteroatoms. The molecule has 2 aromatic carbocycles. The molecule has 2 unspecified atom stereocenters. The molecule has 1 aliphatic heterocycles. The van der Waals surface area contributed by atoms with Crippen LogP contribution in [0.1, 0.15) is 49.1 Å². The van der Waals surface area contributed by atoms with Crippen LogP contribution in [0.4, 0.5) is 13.2 Å². The van der Waals surface area contributed by atoms with Gasteiger partial charge in [0.15, 0.2) is 6.29 Å². The molecule has 0 amide bonds. The zero-order valence-corrected chi connectivity index (χ0v) is 17.1. The van der Waals surface area contributed by atoms with Crippen molar-refractivity contribution in [3.05, 3.63) is 70.8 Å². The van der Waals surface area contributed by atoms with Crippen LogP contribution < -0.4 is 5.32 Å². The fourth-order valence-electron chi connectivity index (χ4n) is 3.39. The third kappa shape index (κ3) is 5.81. The molecule has 0 radical (unpaired) electrons. The molecule has 29 heavy (non-hydrogen) atoms.